The first-order chi connectivity index (χ1) is 11.2. The van der Waals surface area contributed by atoms with Gasteiger partial charge in [-0.2, -0.15) is 0 Å². The predicted molar refractivity (Wildman–Crippen MR) is 90.0 cm³/mol. The molecule has 4 heteroatoms. The highest BCUT2D eigenvalue weighted by Gasteiger charge is 2.23. The summed E-state index contributed by atoms with van der Waals surface area (Å²) in [6.45, 7) is 3.58. The van der Waals surface area contributed by atoms with Crippen LogP contribution in [0.4, 0.5) is 0 Å². The highest BCUT2D eigenvalue weighted by Crippen LogP contribution is 2.18. The number of benzene rings is 1. The molecule has 0 spiro atoms. The standard InChI is InChI=1S/C19H24N2O2/c1-15-7-10-18(23-15)14-21(19(22)13-20-17-8-9-17)12-11-16-5-3-2-4-6-16/h2-7,10,17,20H,8-9,11-14H2,1H3. The zero-order valence-electron chi connectivity index (χ0n) is 13.6. The molecule has 0 aliphatic heterocycles. The van der Waals surface area contributed by atoms with E-state index in [4.69, 9.17) is 4.42 Å². The lowest BCUT2D eigenvalue weighted by molar-refractivity contribution is -0.131. The van der Waals surface area contributed by atoms with Crippen LogP contribution in [0.3, 0.4) is 0 Å². The summed E-state index contributed by atoms with van der Waals surface area (Å²) in [5, 5.41) is 3.30. The van der Waals surface area contributed by atoms with Gasteiger partial charge >= 0.3 is 0 Å². The van der Waals surface area contributed by atoms with Gasteiger partial charge in [0.1, 0.15) is 11.5 Å². The quantitative estimate of drug-likeness (QED) is 0.815. The number of carbonyl (C=O) groups excluding carboxylic acids is 1. The largest absolute Gasteiger partial charge is 0.464 e. The van der Waals surface area contributed by atoms with Crippen LogP contribution in [-0.4, -0.2) is 29.9 Å². The SMILES string of the molecule is Cc1ccc(CN(CCc2ccccc2)C(=O)CNC2CC2)o1. The first-order valence-corrected chi connectivity index (χ1v) is 8.31. The van der Waals surface area contributed by atoms with Gasteiger partial charge in [-0.3, -0.25) is 4.79 Å². The van der Waals surface area contributed by atoms with Gasteiger partial charge in [-0.05, 0) is 43.9 Å². The van der Waals surface area contributed by atoms with Crippen molar-refractivity contribution >= 4 is 5.91 Å². The topological polar surface area (TPSA) is 45.5 Å². The van der Waals surface area contributed by atoms with Crippen molar-refractivity contribution in [1.82, 2.24) is 10.2 Å². The summed E-state index contributed by atoms with van der Waals surface area (Å²) in [5.74, 6) is 1.86. The van der Waals surface area contributed by atoms with Crippen molar-refractivity contribution in [2.24, 2.45) is 0 Å². The normalized spacial score (nSPS) is 14.0. The molecule has 0 atom stereocenters. The van der Waals surface area contributed by atoms with Crippen LogP contribution < -0.4 is 5.32 Å². The van der Waals surface area contributed by atoms with Gasteiger partial charge in [-0.25, -0.2) is 0 Å². The monoisotopic (exact) mass is 312 g/mol. The Bertz CT molecular complexity index is 632. The van der Waals surface area contributed by atoms with E-state index in [1.54, 1.807) is 0 Å². The number of nitrogens with one attached hydrogen (secondary N) is 1. The van der Waals surface area contributed by atoms with Crippen LogP contribution >= 0.6 is 0 Å². The van der Waals surface area contributed by atoms with Gasteiger partial charge in [0, 0.05) is 12.6 Å². The number of rotatable bonds is 8. The fourth-order valence-corrected chi connectivity index (χ4v) is 2.59. The molecule has 1 fully saturated rings. The summed E-state index contributed by atoms with van der Waals surface area (Å²) in [6.07, 6.45) is 3.24. The maximum Gasteiger partial charge on any atom is 0.236 e. The molecule has 2 aromatic rings. The Kier molecular flexibility index (Phi) is 5.13. The lowest BCUT2D eigenvalue weighted by Crippen LogP contribution is -2.39. The summed E-state index contributed by atoms with van der Waals surface area (Å²) < 4.78 is 5.64. The van der Waals surface area contributed by atoms with E-state index in [2.05, 4.69) is 17.4 Å². The fraction of sp³-hybridized carbons (Fsp3) is 0.421. The first-order valence-electron chi connectivity index (χ1n) is 8.31. The summed E-state index contributed by atoms with van der Waals surface area (Å²) in [6, 6.07) is 14.7. The van der Waals surface area contributed by atoms with E-state index >= 15 is 0 Å². The van der Waals surface area contributed by atoms with Crippen molar-refractivity contribution in [3.63, 3.8) is 0 Å². The second-order valence-corrected chi connectivity index (χ2v) is 6.22. The van der Waals surface area contributed by atoms with Gasteiger partial charge in [0.2, 0.25) is 5.91 Å². The molecule has 1 aliphatic rings. The Morgan fingerprint density at radius 2 is 2.00 bits per heavy atom. The average Bonchev–Trinajstić information content (AvgIpc) is 3.31. The van der Waals surface area contributed by atoms with Crippen molar-refractivity contribution in [3.8, 4) is 0 Å². The van der Waals surface area contributed by atoms with Crippen LogP contribution in [0, 0.1) is 6.92 Å². The molecule has 1 N–H and O–H groups in total. The Balaban J connectivity index is 1.60. The van der Waals surface area contributed by atoms with Gasteiger partial charge in [0.05, 0.1) is 13.1 Å². The van der Waals surface area contributed by atoms with E-state index in [1.165, 1.54) is 18.4 Å². The van der Waals surface area contributed by atoms with E-state index in [9.17, 15) is 4.79 Å². The van der Waals surface area contributed by atoms with Crippen molar-refractivity contribution in [2.75, 3.05) is 13.1 Å². The number of hydrogen-bond donors (Lipinski definition) is 1. The molecule has 1 aliphatic carbocycles. The van der Waals surface area contributed by atoms with Crippen molar-refractivity contribution < 1.29 is 9.21 Å². The van der Waals surface area contributed by atoms with Gasteiger partial charge < -0.3 is 14.6 Å². The van der Waals surface area contributed by atoms with Gasteiger partial charge in [0.15, 0.2) is 0 Å². The summed E-state index contributed by atoms with van der Waals surface area (Å²) >= 11 is 0. The zero-order chi connectivity index (χ0) is 16.1. The zero-order valence-corrected chi connectivity index (χ0v) is 13.6. The van der Waals surface area contributed by atoms with E-state index in [0.29, 0.717) is 25.7 Å². The first kappa shape index (κ1) is 15.8. The molecule has 1 heterocycles. The van der Waals surface area contributed by atoms with Crippen molar-refractivity contribution in [2.45, 2.75) is 38.8 Å². The van der Waals surface area contributed by atoms with Gasteiger partial charge in [-0.15, -0.1) is 0 Å². The third kappa shape index (κ3) is 4.96. The van der Waals surface area contributed by atoms with Gasteiger partial charge in [0.25, 0.3) is 0 Å². The molecule has 23 heavy (non-hydrogen) atoms. The van der Waals surface area contributed by atoms with Crippen LogP contribution in [0.15, 0.2) is 46.9 Å². The predicted octanol–water partition coefficient (Wildman–Crippen LogP) is 2.91. The Morgan fingerprint density at radius 1 is 1.22 bits per heavy atom. The van der Waals surface area contributed by atoms with Crippen LogP contribution in [0.5, 0.6) is 0 Å². The lowest BCUT2D eigenvalue weighted by atomic mass is 10.1. The van der Waals surface area contributed by atoms with Crippen LogP contribution in [0.1, 0.15) is 29.9 Å². The molecule has 0 bridgehead atoms. The molecule has 1 aromatic heterocycles. The number of amides is 1. The Labute approximate surface area is 137 Å². The van der Waals surface area contributed by atoms with Crippen LogP contribution in [0.2, 0.25) is 0 Å². The maximum atomic E-state index is 12.5. The third-order valence-corrected chi connectivity index (χ3v) is 4.13. The molecule has 0 unspecified atom stereocenters. The Hall–Kier alpha value is -2.07. The molecular weight excluding hydrogens is 288 g/mol. The minimum absolute atomic E-state index is 0.141. The molecule has 3 rings (SSSR count). The van der Waals surface area contributed by atoms with Crippen molar-refractivity contribution in [3.05, 3.63) is 59.5 Å². The minimum atomic E-state index is 0.141. The second-order valence-electron chi connectivity index (χ2n) is 6.22. The van der Waals surface area contributed by atoms with E-state index in [-0.39, 0.29) is 5.91 Å². The summed E-state index contributed by atoms with van der Waals surface area (Å²) in [7, 11) is 0. The Morgan fingerprint density at radius 3 is 2.65 bits per heavy atom. The average molecular weight is 312 g/mol. The molecule has 122 valence electrons. The molecule has 1 aromatic carbocycles. The number of aryl methyl sites for hydroxylation is 1. The molecule has 0 saturated heterocycles. The summed E-state index contributed by atoms with van der Waals surface area (Å²) in [4.78, 5) is 14.4. The molecular formula is C19H24N2O2. The van der Waals surface area contributed by atoms with Crippen LogP contribution in [-0.2, 0) is 17.8 Å². The van der Waals surface area contributed by atoms with Crippen LogP contribution in [0.25, 0.3) is 0 Å². The number of furan rings is 1. The molecule has 4 nitrogen and oxygen atoms in total. The van der Waals surface area contributed by atoms with E-state index in [1.807, 2.05) is 42.2 Å². The minimum Gasteiger partial charge on any atom is -0.464 e. The third-order valence-electron chi connectivity index (χ3n) is 4.13. The summed E-state index contributed by atoms with van der Waals surface area (Å²) in [5.41, 5.74) is 1.25. The molecule has 1 saturated carbocycles. The second kappa shape index (κ2) is 7.47. The maximum absolute atomic E-state index is 12.5. The smallest absolute Gasteiger partial charge is 0.236 e. The van der Waals surface area contributed by atoms with Gasteiger partial charge in [-0.1, -0.05) is 30.3 Å². The number of hydrogen-bond acceptors (Lipinski definition) is 3. The highest BCUT2D eigenvalue weighted by atomic mass is 16.3. The molecule has 1 amide bonds. The van der Waals surface area contributed by atoms with E-state index in [0.717, 1.165) is 17.9 Å². The number of carbonyl (C=O) groups is 1. The highest BCUT2D eigenvalue weighted by molar-refractivity contribution is 5.78. The lowest BCUT2D eigenvalue weighted by Gasteiger charge is -2.22. The number of nitrogens with zero attached hydrogens (tertiary/aromatic N) is 1. The fourth-order valence-electron chi connectivity index (χ4n) is 2.59. The van der Waals surface area contributed by atoms with E-state index < -0.39 is 0 Å². The molecule has 0 radical (unpaired) electrons. The van der Waals surface area contributed by atoms with Crippen molar-refractivity contribution in [1.29, 1.82) is 0 Å².